The van der Waals surface area contributed by atoms with Crippen molar-refractivity contribution in [3.8, 4) is 22.0 Å². The number of nitrogens with zero attached hydrogens (tertiary/aromatic N) is 5. The predicted octanol–water partition coefficient (Wildman–Crippen LogP) is 4.27. The third-order valence-corrected chi connectivity index (χ3v) is 7.11. The van der Waals surface area contributed by atoms with Crippen molar-refractivity contribution in [2.45, 2.75) is 13.5 Å². The average Bonchev–Trinajstić information content (AvgIpc) is 3.51. The Bertz CT molecular complexity index is 1260. The number of piperazine rings is 1. The largest absolute Gasteiger partial charge is 0.497 e. The number of aromatic nitrogens is 3. The normalized spacial score (nSPS) is 14.4. The number of hydrogen-bond acceptors (Lipinski definition) is 6. The number of carbonyl (C=O) groups is 1. The summed E-state index contributed by atoms with van der Waals surface area (Å²) in [5.74, 6) is 0.894. The summed E-state index contributed by atoms with van der Waals surface area (Å²) >= 11 is 1.66. The number of amides is 1. The van der Waals surface area contributed by atoms with Crippen LogP contribution in [0.2, 0.25) is 0 Å². The first kappa shape index (κ1) is 22.3. The van der Waals surface area contributed by atoms with Crippen LogP contribution in [0.25, 0.3) is 16.3 Å². The van der Waals surface area contributed by atoms with Crippen LogP contribution in [-0.2, 0) is 6.54 Å². The highest BCUT2D eigenvalue weighted by Gasteiger charge is 2.25. The van der Waals surface area contributed by atoms with Crippen molar-refractivity contribution in [2.75, 3.05) is 33.3 Å². The highest BCUT2D eigenvalue weighted by molar-refractivity contribution is 7.13. The van der Waals surface area contributed by atoms with Gasteiger partial charge in [0, 0.05) is 43.7 Å². The molecular formula is C26H27N5O2S. The molecule has 2 aromatic carbocycles. The van der Waals surface area contributed by atoms with Crippen LogP contribution in [0.5, 0.6) is 5.75 Å². The van der Waals surface area contributed by atoms with Crippen LogP contribution in [0, 0.1) is 6.92 Å². The predicted molar refractivity (Wildman–Crippen MR) is 134 cm³/mol. The first-order valence-electron chi connectivity index (χ1n) is 11.3. The highest BCUT2D eigenvalue weighted by atomic mass is 32.1. The summed E-state index contributed by atoms with van der Waals surface area (Å²) in [6.07, 6.45) is 1.69. The van der Waals surface area contributed by atoms with E-state index in [4.69, 9.17) is 9.72 Å². The second kappa shape index (κ2) is 9.79. The van der Waals surface area contributed by atoms with Gasteiger partial charge in [-0.25, -0.2) is 9.67 Å². The fourth-order valence-electron chi connectivity index (χ4n) is 4.20. The number of thiazole rings is 1. The van der Waals surface area contributed by atoms with Crippen LogP contribution in [0.4, 0.5) is 0 Å². The summed E-state index contributed by atoms with van der Waals surface area (Å²) in [5, 5.41) is 7.59. The minimum Gasteiger partial charge on any atom is -0.497 e. The standard InChI is InChI=1S/C26H27N5O2S/c1-19-24(16-27-31(19)22-6-4-3-5-7-22)26(32)30-14-12-29(13-15-30)17-21-18-34-25(28-21)20-8-10-23(33-2)11-9-20/h3-11,16,18H,12-15,17H2,1-2H3. The quantitative estimate of drug-likeness (QED) is 0.419. The van der Waals surface area contributed by atoms with Gasteiger partial charge in [0.05, 0.1) is 35.9 Å². The van der Waals surface area contributed by atoms with Crippen LogP contribution >= 0.6 is 11.3 Å². The SMILES string of the molecule is COc1ccc(-c2nc(CN3CCN(C(=O)c4cnn(-c5ccccc5)c4C)CC3)cs2)cc1. The number of para-hydroxylation sites is 1. The zero-order valence-corrected chi connectivity index (χ0v) is 20.2. The maximum absolute atomic E-state index is 13.2. The van der Waals surface area contributed by atoms with Gasteiger partial charge in [-0.15, -0.1) is 11.3 Å². The van der Waals surface area contributed by atoms with E-state index in [-0.39, 0.29) is 5.91 Å². The Hall–Kier alpha value is -3.49. The van der Waals surface area contributed by atoms with Gasteiger partial charge in [-0.05, 0) is 43.3 Å². The average molecular weight is 474 g/mol. The van der Waals surface area contributed by atoms with E-state index in [9.17, 15) is 4.79 Å². The van der Waals surface area contributed by atoms with Crippen molar-refractivity contribution in [1.29, 1.82) is 0 Å². The number of hydrogen-bond donors (Lipinski definition) is 0. The molecule has 174 valence electrons. The van der Waals surface area contributed by atoms with Crippen molar-refractivity contribution < 1.29 is 9.53 Å². The Morgan fingerprint density at radius 1 is 1.03 bits per heavy atom. The molecule has 0 atom stereocenters. The van der Waals surface area contributed by atoms with Crippen LogP contribution < -0.4 is 4.74 Å². The zero-order valence-electron chi connectivity index (χ0n) is 19.3. The molecule has 0 saturated carbocycles. The van der Waals surface area contributed by atoms with Crippen LogP contribution in [0.3, 0.4) is 0 Å². The van der Waals surface area contributed by atoms with Gasteiger partial charge in [-0.1, -0.05) is 18.2 Å². The minimum absolute atomic E-state index is 0.0507. The third kappa shape index (κ3) is 4.60. The number of methoxy groups -OCH3 is 1. The summed E-state index contributed by atoms with van der Waals surface area (Å²) in [4.78, 5) is 22.3. The first-order valence-corrected chi connectivity index (χ1v) is 12.2. The maximum atomic E-state index is 13.2. The molecule has 1 aliphatic heterocycles. The molecule has 0 N–H and O–H groups in total. The van der Waals surface area contributed by atoms with Gasteiger partial charge in [0.25, 0.3) is 5.91 Å². The number of carbonyl (C=O) groups excluding carboxylic acids is 1. The molecule has 1 amide bonds. The molecule has 1 aliphatic rings. The molecule has 0 spiro atoms. The molecular weight excluding hydrogens is 446 g/mol. The Morgan fingerprint density at radius 3 is 2.47 bits per heavy atom. The van der Waals surface area contributed by atoms with Gasteiger partial charge in [-0.2, -0.15) is 5.10 Å². The van der Waals surface area contributed by atoms with Crippen molar-refractivity contribution in [1.82, 2.24) is 24.6 Å². The lowest BCUT2D eigenvalue weighted by molar-refractivity contribution is 0.0626. The third-order valence-electron chi connectivity index (χ3n) is 6.17. The van der Waals surface area contributed by atoms with E-state index in [2.05, 4.69) is 15.4 Å². The topological polar surface area (TPSA) is 63.5 Å². The Balaban J connectivity index is 1.18. The second-order valence-electron chi connectivity index (χ2n) is 8.33. The molecule has 0 radical (unpaired) electrons. The molecule has 4 aromatic rings. The summed E-state index contributed by atoms with van der Waals surface area (Å²) in [5.41, 5.74) is 4.66. The van der Waals surface area contributed by atoms with E-state index in [0.717, 1.165) is 53.0 Å². The fraction of sp³-hybridized carbons (Fsp3) is 0.269. The molecule has 5 rings (SSSR count). The summed E-state index contributed by atoms with van der Waals surface area (Å²) in [7, 11) is 1.67. The maximum Gasteiger partial charge on any atom is 0.257 e. The van der Waals surface area contributed by atoms with Gasteiger partial charge < -0.3 is 9.64 Å². The Morgan fingerprint density at radius 2 is 1.76 bits per heavy atom. The molecule has 2 aromatic heterocycles. The molecule has 0 unspecified atom stereocenters. The molecule has 0 bridgehead atoms. The first-order chi connectivity index (χ1) is 16.6. The lowest BCUT2D eigenvalue weighted by atomic mass is 10.2. The van der Waals surface area contributed by atoms with Gasteiger partial charge in [0.1, 0.15) is 10.8 Å². The van der Waals surface area contributed by atoms with Gasteiger partial charge in [-0.3, -0.25) is 9.69 Å². The van der Waals surface area contributed by atoms with E-state index in [1.807, 2.05) is 71.1 Å². The van der Waals surface area contributed by atoms with E-state index in [1.165, 1.54) is 0 Å². The summed E-state index contributed by atoms with van der Waals surface area (Å²) in [6, 6.07) is 17.9. The summed E-state index contributed by atoms with van der Waals surface area (Å²) in [6.45, 7) is 5.79. The van der Waals surface area contributed by atoms with Gasteiger partial charge in [0.15, 0.2) is 0 Å². The lowest BCUT2D eigenvalue weighted by Gasteiger charge is -2.34. The summed E-state index contributed by atoms with van der Waals surface area (Å²) < 4.78 is 7.06. The van der Waals surface area contributed by atoms with Gasteiger partial charge >= 0.3 is 0 Å². The zero-order chi connectivity index (χ0) is 23.5. The molecule has 7 nitrogen and oxygen atoms in total. The Labute approximate surface area is 203 Å². The van der Waals surface area contributed by atoms with Crippen molar-refractivity contribution in [3.63, 3.8) is 0 Å². The van der Waals surface area contributed by atoms with E-state index < -0.39 is 0 Å². The van der Waals surface area contributed by atoms with E-state index in [0.29, 0.717) is 18.7 Å². The van der Waals surface area contributed by atoms with Crippen LogP contribution in [-0.4, -0.2) is 63.8 Å². The van der Waals surface area contributed by atoms with Crippen molar-refractivity contribution in [2.24, 2.45) is 0 Å². The Kier molecular flexibility index (Phi) is 6.42. The number of benzene rings is 2. The highest BCUT2D eigenvalue weighted by Crippen LogP contribution is 2.26. The second-order valence-corrected chi connectivity index (χ2v) is 9.19. The molecule has 3 heterocycles. The smallest absolute Gasteiger partial charge is 0.257 e. The monoisotopic (exact) mass is 473 g/mol. The van der Waals surface area contributed by atoms with Gasteiger partial charge in [0.2, 0.25) is 0 Å². The number of rotatable bonds is 6. The molecule has 1 fully saturated rings. The lowest BCUT2D eigenvalue weighted by Crippen LogP contribution is -2.48. The van der Waals surface area contributed by atoms with E-state index >= 15 is 0 Å². The van der Waals surface area contributed by atoms with Crippen LogP contribution in [0.1, 0.15) is 21.7 Å². The molecule has 0 aliphatic carbocycles. The minimum atomic E-state index is 0.0507. The fourth-order valence-corrected chi connectivity index (χ4v) is 5.02. The van der Waals surface area contributed by atoms with E-state index in [1.54, 1.807) is 24.6 Å². The van der Waals surface area contributed by atoms with Crippen LogP contribution in [0.15, 0.2) is 66.2 Å². The molecule has 8 heteroatoms. The van der Waals surface area contributed by atoms with Crippen molar-refractivity contribution in [3.05, 3.63) is 83.1 Å². The van der Waals surface area contributed by atoms with Crippen molar-refractivity contribution >= 4 is 17.2 Å². The molecule has 34 heavy (non-hydrogen) atoms. The number of ether oxygens (including phenoxy) is 1. The molecule has 1 saturated heterocycles.